The smallest absolute Gasteiger partial charge is 0.338 e. The summed E-state index contributed by atoms with van der Waals surface area (Å²) in [4.78, 5) is 13.1. The second kappa shape index (κ2) is 10.5. The minimum Gasteiger partial charge on any atom is -0.379 e. The fraction of sp³-hybridized carbons (Fsp3) is 0.190. The zero-order valence-electron chi connectivity index (χ0n) is 18.0. The minimum atomic E-state index is -3.86. The topological polar surface area (TPSA) is 126 Å². The van der Waals surface area contributed by atoms with Crippen molar-refractivity contribution in [2.24, 2.45) is 0 Å². The molecular formula is C21H20Cl2N3O6S3+. The number of halogens is 2. The van der Waals surface area contributed by atoms with E-state index in [-0.39, 0.29) is 38.5 Å². The number of amides is 1. The Morgan fingerprint density at radius 2 is 1.66 bits per heavy atom. The maximum absolute atomic E-state index is 13.0. The molecule has 1 aromatic heterocycles. The van der Waals surface area contributed by atoms with Crippen LogP contribution in [-0.4, -0.2) is 53.4 Å². The van der Waals surface area contributed by atoms with Gasteiger partial charge in [-0.1, -0.05) is 23.2 Å². The third-order valence-electron chi connectivity index (χ3n) is 5.09. The molecule has 1 fully saturated rings. The van der Waals surface area contributed by atoms with Crippen LogP contribution in [0.4, 0.5) is 11.4 Å². The van der Waals surface area contributed by atoms with E-state index in [0.29, 0.717) is 23.2 Å². The van der Waals surface area contributed by atoms with Gasteiger partial charge in [0.25, 0.3) is 5.91 Å². The number of quaternary nitrogens is 1. The van der Waals surface area contributed by atoms with E-state index in [4.69, 9.17) is 27.9 Å². The molecule has 0 radical (unpaired) electrons. The highest BCUT2D eigenvalue weighted by atomic mass is 35.5. The first-order valence-electron chi connectivity index (χ1n) is 10.2. The Morgan fingerprint density at radius 1 is 0.971 bits per heavy atom. The maximum Gasteiger partial charge on any atom is 0.338 e. The molecule has 1 aliphatic rings. The monoisotopic (exact) mass is 576 g/mol. The van der Waals surface area contributed by atoms with Gasteiger partial charge in [-0.25, -0.2) is 13.1 Å². The highest BCUT2D eigenvalue weighted by Gasteiger charge is 2.27. The lowest BCUT2D eigenvalue weighted by molar-refractivity contribution is -0.397. The molecule has 4 rings (SSSR count). The zero-order chi connectivity index (χ0) is 25.2. The molecule has 0 bridgehead atoms. The standard InChI is InChI=1S/C21H19Cl2N3O6S3/c22-14-1-6-18(25-34(28,29)20-8-7-19(23)33-20)17(13-14)21(27)24-15-2-4-16(5-3-15)35(30,31)26-9-11-32-12-10-26/h1-8,13,25H,9-12H2,(H,24,27)/p+1. The molecule has 0 saturated carbocycles. The third-order valence-corrected chi connectivity index (χ3v) is 10.5. The van der Waals surface area contributed by atoms with Gasteiger partial charge in [-0.2, -0.15) is 12.7 Å². The number of ether oxygens (including phenoxy) is 1. The normalized spacial score (nSPS) is 15.1. The Morgan fingerprint density at radius 3 is 2.29 bits per heavy atom. The van der Waals surface area contributed by atoms with Gasteiger partial charge in [-0.05, 0) is 48.5 Å². The number of hydrogen-bond donors (Lipinski definition) is 2. The molecule has 0 aliphatic carbocycles. The number of morpholine rings is 1. The van der Waals surface area contributed by atoms with Crippen molar-refractivity contribution < 1.29 is 31.1 Å². The van der Waals surface area contributed by atoms with Crippen LogP contribution in [0.3, 0.4) is 0 Å². The number of primary sulfonamides is 1. The molecule has 3 aromatic rings. The zero-order valence-corrected chi connectivity index (χ0v) is 21.9. The SMILES string of the molecule is O=C(Nc1ccc(S(=O)(=O)N2CCOCC2)cc1)c1cc(Cl)ccc1[NH2+]S(=O)(=O)c1ccc(Cl)s1. The summed E-state index contributed by atoms with van der Waals surface area (Å²) in [7, 11) is -7.53. The molecule has 2 aromatic carbocycles. The lowest BCUT2D eigenvalue weighted by Crippen LogP contribution is -2.81. The Balaban J connectivity index is 1.53. The largest absolute Gasteiger partial charge is 0.379 e. The van der Waals surface area contributed by atoms with E-state index in [1.807, 2.05) is 0 Å². The molecule has 1 amide bonds. The molecule has 3 N–H and O–H groups in total. The van der Waals surface area contributed by atoms with Crippen LogP contribution in [0.2, 0.25) is 9.36 Å². The molecule has 0 atom stereocenters. The molecule has 14 heteroatoms. The summed E-state index contributed by atoms with van der Waals surface area (Å²) in [5.41, 5.74) is 0.506. The highest BCUT2D eigenvalue weighted by molar-refractivity contribution is 7.89. The molecular weight excluding hydrogens is 557 g/mol. The first-order chi connectivity index (χ1) is 16.6. The number of sulfonamides is 2. The second-order valence-corrected chi connectivity index (χ2v) is 13.6. The van der Waals surface area contributed by atoms with Crippen molar-refractivity contribution in [3.8, 4) is 0 Å². The number of anilines is 1. The number of thiophene rings is 1. The van der Waals surface area contributed by atoms with Crippen LogP contribution in [0.1, 0.15) is 10.4 Å². The molecule has 0 unspecified atom stereocenters. The summed E-state index contributed by atoms with van der Waals surface area (Å²) < 4.78 is 59.0. The van der Waals surface area contributed by atoms with E-state index in [1.54, 1.807) is 0 Å². The van der Waals surface area contributed by atoms with E-state index in [0.717, 1.165) is 16.1 Å². The predicted octanol–water partition coefficient (Wildman–Crippen LogP) is 2.91. The van der Waals surface area contributed by atoms with E-state index < -0.39 is 26.0 Å². The Labute approximate surface area is 216 Å². The van der Waals surface area contributed by atoms with Gasteiger partial charge in [0.2, 0.25) is 10.0 Å². The summed E-state index contributed by atoms with van der Waals surface area (Å²) in [5, 5.41) is 2.90. The van der Waals surface area contributed by atoms with E-state index in [9.17, 15) is 21.6 Å². The third kappa shape index (κ3) is 6.04. The maximum atomic E-state index is 13.0. The minimum absolute atomic E-state index is 0.0359. The lowest BCUT2D eigenvalue weighted by atomic mass is 10.1. The van der Waals surface area contributed by atoms with Crippen LogP contribution < -0.4 is 10.0 Å². The van der Waals surface area contributed by atoms with Crippen LogP contribution in [0.5, 0.6) is 0 Å². The number of carbonyl (C=O) groups excluding carboxylic acids is 1. The summed E-state index contributed by atoms with van der Waals surface area (Å²) in [6.45, 7) is 1.22. The van der Waals surface area contributed by atoms with E-state index in [1.165, 1.54) is 58.9 Å². The summed E-state index contributed by atoms with van der Waals surface area (Å²) in [6.07, 6.45) is 0. The van der Waals surface area contributed by atoms with E-state index in [2.05, 4.69) is 5.32 Å². The first-order valence-corrected chi connectivity index (χ1v) is 14.8. The average molecular weight is 578 g/mol. The molecule has 35 heavy (non-hydrogen) atoms. The van der Waals surface area contributed by atoms with Crippen LogP contribution in [0.25, 0.3) is 0 Å². The number of rotatable bonds is 7. The van der Waals surface area contributed by atoms with Gasteiger partial charge in [0.05, 0.1) is 22.4 Å². The number of nitrogens with zero attached hydrogens (tertiary/aromatic N) is 1. The van der Waals surface area contributed by atoms with Crippen molar-refractivity contribution >= 4 is 71.9 Å². The molecule has 186 valence electrons. The van der Waals surface area contributed by atoms with Gasteiger partial charge in [0.1, 0.15) is 5.56 Å². The van der Waals surface area contributed by atoms with Gasteiger partial charge in [0.15, 0.2) is 9.90 Å². The molecule has 9 nitrogen and oxygen atoms in total. The van der Waals surface area contributed by atoms with Crippen molar-refractivity contribution in [1.29, 1.82) is 0 Å². The van der Waals surface area contributed by atoms with Gasteiger partial charge in [-0.3, -0.25) is 4.79 Å². The van der Waals surface area contributed by atoms with E-state index >= 15 is 0 Å². The van der Waals surface area contributed by atoms with Crippen LogP contribution >= 0.6 is 34.5 Å². The molecule has 1 saturated heterocycles. The van der Waals surface area contributed by atoms with Crippen LogP contribution in [-0.2, 0) is 24.8 Å². The van der Waals surface area contributed by atoms with Gasteiger partial charge in [-0.15, -0.1) is 11.3 Å². The van der Waals surface area contributed by atoms with Crippen LogP contribution in [0.15, 0.2) is 63.7 Å². The fourth-order valence-corrected chi connectivity index (χ4v) is 7.63. The molecule has 1 aliphatic heterocycles. The van der Waals surface area contributed by atoms with Crippen molar-refractivity contribution in [2.45, 2.75) is 9.10 Å². The number of hydrogen-bond acceptors (Lipinski definition) is 7. The second-order valence-electron chi connectivity index (χ2n) is 7.45. The number of benzene rings is 2. The summed E-state index contributed by atoms with van der Waals surface area (Å²) in [5.74, 6) is -0.609. The number of nitrogens with two attached hydrogens (primary N) is 1. The van der Waals surface area contributed by atoms with Crippen LogP contribution in [0, 0.1) is 0 Å². The number of carbonyl (C=O) groups is 1. The van der Waals surface area contributed by atoms with Crippen molar-refractivity contribution in [1.82, 2.24) is 4.31 Å². The average Bonchev–Trinajstić information content (AvgIpc) is 3.28. The lowest BCUT2D eigenvalue weighted by Gasteiger charge is -2.26. The predicted molar refractivity (Wildman–Crippen MR) is 134 cm³/mol. The summed E-state index contributed by atoms with van der Waals surface area (Å²) >= 11 is 12.8. The van der Waals surface area contributed by atoms with Gasteiger partial charge >= 0.3 is 10.0 Å². The molecule has 2 heterocycles. The van der Waals surface area contributed by atoms with Gasteiger partial charge in [0, 0.05) is 29.9 Å². The summed E-state index contributed by atoms with van der Waals surface area (Å²) in [6, 6.07) is 12.9. The number of nitrogens with one attached hydrogen (secondary N) is 1. The van der Waals surface area contributed by atoms with Crippen molar-refractivity contribution in [2.75, 3.05) is 31.6 Å². The quantitative estimate of drug-likeness (QED) is 0.416. The first kappa shape index (κ1) is 26.0. The molecule has 0 spiro atoms. The Bertz CT molecular complexity index is 1450. The highest BCUT2D eigenvalue weighted by Crippen LogP contribution is 2.26. The fourth-order valence-electron chi connectivity index (χ4n) is 3.35. The Kier molecular flexibility index (Phi) is 7.83. The van der Waals surface area contributed by atoms with Crippen molar-refractivity contribution in [3.63, 3.8) is 0 Å². The Hall–Kier alpha value is -2.03. The van der Waals surface area contributed by atoms with Crippen molar-refractivity contribution in [3.05, 3.63) is 69.5 Å². The van der Waals surface area contributed by atoms with Gasteiger partial charge < -0.3 is 10.1 Å².